The molecule has 0 fully saturated rings. The lowest BCUT2D eigenvalue weighted by Crippen LogP contribution is -2.28. The van der Waals surface area contributed by atoms with Crippen LogP contribution in [-0.2, 0) is 33.0 Å². The van der Waals surface area contributed by atoms with E-state index in [1.54, 1.807) is 63.0 Å². The van der Waals surface area contributed by atoms with Crippen molar-refractivity contribution in [1.82, 2.24) is 38.9 Å². The van der Waals surface area contributed by atoms with Crippen LogP contribution in [0.25, 0.3) is 0 Å². The maximum atomic E-state index is 13.0. The molecule has 0 aliphatic heterocycles. The fraction of sp³-hybridized carbons (Fsp3) is 0.296. The average molecular weight is 592 g/mol. The first-order valence-corrected chi connectivity index (χ1v) is 13.2. The van der Waals surface area contributed by atoms with Gasteiger partial charge in [-0.25, -0.2) is 9.97 Å². The largest absolute Gasteiger partial charge is 0.359 e. The van der Waals surface area contributed by atoms with Crippen molar-refractivity contribution in [2.75, 3.05) is 29.5 Å². The Morgan fingerprint density at radius 3 is 1.91 bits per heavy atom. The first-order chi connectivity index (χ1) is 20.5. The zero-order valence-corrected chi connectivity index (χ0v) is 24.4. The lowest BCUT2D eigenvalue weighted by atomic mass is 10.3. The van der Waals surface area contributed by atoms with Crippen molar-refractivity contribution >= 4 is 46.7 Å². The molecule has 0 unspecified atom stereocenters. The number of carbonyl (C=O) groups is 5. The average Bonchev–Trinajstić information content (AvgIpc) is 3.73. The summed E-state index contributed by atoms with van der Waals surface area (Å²) in [5.41, 5.74) is 1.30. The van der Waals surface area contributed by atoms with Crippen molar-refractivity contribution in [3.05, 3.63) is 66.2 Å². The molecule has 0 bridgehead atoms. The molecular weight excluding hydrogens is 558 g/mol. The fourth-order valence-electron chi connectivity index (χ4n) is 4.26. The van der Waals surface area contributed by atoms with Crippen molar-refractivity contribution in [3.8, 4) is 0 Å². The number of aryl methyl sites for hydroxylation is 4. The minimum atomic E-state index is -0.503. The number of hydrogen-bond acceptors (Lipinski definition) is 7. The molecule has 5 amide bonds. The van der Waals surface area contributed by atoms with Crippen LogP contribution in [0.5, 0.6) is 0 Å². The molecule has 16 heteroatoms. The fourth-order valence-corrected chi connectivity index (χ4v) is 4.26. The molecule has 4 aromatic rings. The summed E-state index contributed by atoms with van der Waals surface area (Å²) in [6.45, 7) is 0.294. The second-order valence-electron chi connectivity index (χ2n) is 9.77. The van der Waals surface area contributed by atoms with Crippen molar-refractivity contribution < 1.29 is 24.0 Å². The first-order valence-electron chi connectivity index (χ1n) is 13.2. The summed E-state index contributed by atoms with van der Waals surface area (Å²) in [4.78, 5) is 70.5. The Labute approximate surface area is 246 Å². The smallest absolute Gasteiger partial charge is 0.291 e. The molecule has 226 valence electrons. The van der Waals surface area contributed by atoms with Gasteiger partial charge in [0.05, 0.1) is 11.4 Å². The van der Waals surface area contributed by atoms with Gasteiger partial charge >= 0.3 is 0 Å². The van der Waals surface area contributed by atoms with Gasteiger partial charge in [0, 0.05) is 79.2 Å². The van der Waals surface area contributed by atoms with E-state index in [1.807, 2.05) is 0 Å². The highest BCUT2D eigenvalue weighted by molar-refractivity contribution is 6.08. The molecule has 0 atom stereocenters. The SMILES string of the molecule is CNC(=O)CCCNC(=O)c1nc(NC(=O)c2cc(NC(=O)c3cc(NC(=O)c4nccn4C)cn3C)cn2C)cn1C. The van der Waals surface area contributed by atoms with Crippen molar-refractivity contribution in [2.24, 2.45) is 28.2 Å². The predicted octanol–water partition coefficient (Wildman–Crippen LogP) is 0.843. The van der Waals surface area contributed by atoms with Crippen molar-refractivity contribution in [1.29, 1.82) is 0 Å². The summed E-state index contributed by atoms with van der Waals surface area (Å²) in [5.74, 6) is -1.44. The maximum Gasteiger partial charge on any atom is 0.291 e. The Hall–Kier alpha value is -5.67. The van der Waals surface area contributed by atoms with E-state index < -0.39 is 23.6 Å². The number of nitrogens with one attached hydrogen (secondary N) is 5. The topological polar surface area (TPSA) is 191 Å². The molecule has 43 heavy (non-hydrogen) atoms. The van der Waals surface area contributed by atoms with Gasteiger partial charge in [-0.15, -0.1) is 0 Å². The van der Waals surface area contributed by atoms with Crippen molar-refractivity contribution in [3.63, 3.8) is 0 Å². The molecule has 5 N–H and O–H groups in total. The zero-order valence-electron chi connectivity index (χ0n) is 24.4. The molecule has 4 heterocycles. The van der Waals surface area contributed by atoms with E-state index in [0.717, 1.165) is 0 Å². The molecule has 0 saturated carbocycles. The molecule has 16 nitrogen and oxygen atoms in total. The summed E-state index contributed by atoms with van der Waals surface area (Å²) < 4.78 is 6.17. The van der Waals surface area contributed by atoms with E-state index in [4.69, 9.17) is 0 Å². The highest BCUT2D eigenvalue weighted by atomic mass is 16.2. The second kappa shape index (κ2) is 12.9. The van der Waals surface area contributed by atoms with Crippen LogP contribution in [0, 0.1) is 0 Å². The number of amides is 5. The normalized spacial score (nSPS) is 10.7. The van der Waals surface area contributed by atoms with Gasteiger partial charge in [0.2, 0.25) is 11.7 Å². The van der Waals surface area contributed by atoms with Gasteiger partial charge in [-0.05, 0) is 18.6 Å². The maximum absolute atomic E-state index is 13.0. The van der Waals surface area contributed by atoms with Crippen LogP contribution in [0.1, 0.15) is 55.1 Å². The highest BCUT2D eigenvalue weighted by Gasteiger charge is 2.20. The van der Waals surface area contributed by atoms with Gasteiger partial charge in [0.1, 0.15) is 11.4 Å². The number of carbonyl (C=O) groups excluding carboxylic acids is 5. The summed E-state index contributed by atoms with van der Waals surface area (Å²) >= 11 is 0. The summed E-state index contributed by atoms with van der Waals surface area (Å²) in [7, 11) is 8.19. The molecule has 0 spiro atoms. The Bertz CT molecular complexity index is 1690. The third-order valence-electron chi connectivity index (χ3n) is 6.48. The minimum absolute atomic E-state index is 0.0909. The lowest BCUT2D eigenvalue weighted by molar-refractivity contribution is -0.120. The van der Waals surface area contributed by atoms with Gasteiger partial charge in [0.25, 0.3) is 23.6 Å². The van der Waals surface area contributed by atoms with Gasteiger partial charge in [-0.1, -0.05) is 0 Å². The predicted molar refractivity (Wildman–Crippen MR) is 157 cm³/mol. The second-order valence-corrected chi connectivity index (χ2v) is 9.77. The van der Waals surface area contributed by atoms with E-state index in [0.29, 0.717) is 24.3 Å². The summed E-state index contributed by atoms with van der Waals surface area (Å²) in [6, 6.07) is 3.03. The molecule has 0 aliphatic rings. The molecule has 0 aliphatic carbocycles. The van der Waals surface area contributed by atoms with Gasteiger partial charge in [-0.3, -0.25) is 24.0 Å². The van der Waals surface area contributed by atoms with Crippen LogP contribution >= 0.6 is 0 Å². The third kappa shape index (κ3) is 7.16. The standard InChI is InChI=1S/C27H33N11O5/c1-28-21(39)7-6-8-30-26(42)23-33-20(15-38(23)5)34-25(41)19-11-16(13-37(19)4)31-24(40)18-12-17(14-36(18)3)32-27(43)22-29-9-10-35(22)2/h9-15H,6-8H2,1-5H3,(H,28,39)(H,30,42)(H,31,40)(H,32,43)(H,34,41). The molecule has 0 saturated heterocycles. The Morgan fingerprint density at radius 1 is 0.721 bits per heavy atom. The van der Waals surface area contributed by atoms with E-state index >= 15 is 0 Å². The van der Waals surface area contributed by atoms with Crippen LogP contribution in [0.15, 0.2) is 43.1 Å². The zero-order chi connectivity index (χ0) is 31.3. The Balaban J connectivity index is 1.36. The molecule has 4 rings (SSSR count). The number of aromatic nitrogens is 6. The van der Waals surface area contributed by atoms with E-state index in [9.17, 15) is 24.0 Å². The van der Waals surface area contributed by atoms with Gasteiger partial charge < -0.3 is 44.9 Å². The third-order valence-corrected chi connectivity index (χ3v) is 6.48. The molecule has 4 aromatic heterocycles. The molecule has 0 aromatic carbocycles. The number of rotatable bonds is 11. The number of anilines is 3. The van der Waals surface area contributed by atoms with E-state index in [1.165, 1.54) is 33.7 Å². The Morgan fingerprint density at radius 2 is 1.33 bits per heavy atom. The van der Waals surface area contributed by atoms with Crippen LogP contribution in [0.2, 0.25) is 0 Å². The van der Waals surface area contributed by atoms with Gasteiger partial charge in [0.15, 0.2) is 11.6 Å². The van der Waals surface area contributed by atoms with Gasteiger partial charge in [-0.2, -0.15) is 0 Å². The molecular formula is C27H33N11O5. The number of hydrogen-bond donors (Lipinski definition) is 5. The van der Waals surface area contributed by atoms with Crippen LogP contribution < -0.4 is 26.6 Å². The summed E-state index contributed by atoms with van der Waals surface area (Å²) in [5, 5.41) is 13.4. The van der Waals surface area contributed by atoms with E-state index in [-0.39, 0.29) is 41.2 Å². The number of imidazole rings is 2. The quantitative estimate of drug-likeness (QED) is 0.160. The van der Waals surface area contributed by atoms with Crippen LogP contribution in [0.4, 0.5) is 17.2 Å². The monoisotopic (exact) mass is 591 g/mol. The molecule has 0 radical (unpaired) electrons. The highest BCUT2D eigenvalue weighted by Crippen LogP contribution is 2.19. The van der Waals surface area contributed by atoms with Crippen LogP contribution in [0.3, 0.4) is 0 Å². The van der Waals surface area contributed by atoms with Crippen LogP contribution in [-0.4, -0.2) is 71.4 Å². The lowest BCUT2D eigenvalue weighted by Gasteiger charge is -2.04. The van der Waals surface area contributed by atoms with Crippen molar-refractivity contribution in [2.45, 2.75) is 12.8 Å². The summed E-state index contributed by atoms with van der Waals surface area (Å²) in [6.07, 6.45) is 8.61. The first kappa shape index (κ1) is 30.3. The van der Waals surface area contributed by atoms with E-state index in [2.05, 4.69) is 36.6 Å². The minimum Gasteiger partial charge on any atom is -0.359 e. The number of nitrogens with zero attached hydrogens (tertiary/aromatic N) is 6. The Kier molecular flexibility index (Phi) is 9.08.